The number of anilines is 1. The molecular formula is C15H10F2N6O2. The third kappa shape index (κ3) is 3.47. The molecule has 1 heterocycles. The van der Waals surface area contributed by atoms with Crippen LogP contribution in [0.15, 0.2) is 42.5 Å². The number of hydrogen-bond donors (Lipinski definition) is 2. The van der Waals surface area contributed by atoms with Crippen LogP contribution in [0.2, 0.25) is 0 Å². The number of carbonyl (C=O) groups excluding carboxylic acids is 2. The standard InChI is InChI=1S/C15H10F2N6O2/c16-11-6-1-8(7-12(11)17)15(25)19-9-2-4-10(5-3-9)23-21-14(13(18)24)20-22-23/h1-7H,(H2,18,24)(H,19,25). The molecule has 3 rings (SSSR count). The lowest BCUT2D eigenvalue weighted by Crippen LogP contribution is -2.13. The summed E-state index contributed by atoms with van der Waals surface area (Å²) >= 11 is 0. The Labute approximate surface area is 139 Å². The molecule has 0 atom stereocenters. The topological polar surface area (TPSA) is 116 Å². The SMILES string of the molecule is NC(=O)c1nnn(-c2ccc(NC(=O)c3ccc(F)c(F)c3)cc2)n1. The molecular weight excluding hydrogens is 334 g/mol. The van der Waals surface area contributed by atoms with Gasteiger partial charge < -0.3 is 11.1 Å². The van der Waals surface area contributed by atoms with Gasteiger partial charge in [0, 0.05) is 11.3 Å². The van der Waals surface area contributed by atoms with E-state index in [1.807, 2.05) is 0 Å². The van der Waals surface area contributed by atoms with Crippen molar-refractivity contribution in [2.45, 2.75) is 0 Å². The minimum absolute atomic E-state index is 0.0213. The molecule has 8 nitrogen and oxygen atoms in total. The summed E-state index contributed by atoms with van der Waals surface area (Å²) in [5.41, 5.74) is 5.91. The number of carbonyl (C=O) groups is 2. The van der Waals surface area contributed by atoms with E-state index in [9.17, 15) is 18.4 Å². The van der Waals surface area contributed by atoms with E-state index < -0.39 is 23.4 Å². The summed E-state index contributed by atoms with van der Waals surface area (Å²) in [6.07, 6.45) is 0. The number of benzene rings is 2. The normalized spacial score (nSPS) is 10.5. The number of halogens is 2. The Balaban J connectivity index is 1.74. The first-order chi connectivity index (χ1) is 11.9. The van der Waals surface area contributed by atoms with Crippen molar-refractivity contribution in [1.82, 2.24) is 20.2 Å². The maximum atomic E-state index is 13.2. The average Bonchev–Trinajstić information content (AvgIpc) is 3.08. The predicted octanol–water partition coefficient (Wildman–Crippen LogP) is 1.29. The van der Waals surface area contributed by atoms with Crippen LogP contribution in [-0.4, -0.2) is 32.0 Å². The van der Waals surface area contributed by atoms with Gasteiger partial charge in [-0.1, -0.05) is 0 Å². The maximum absolute atomic E-state index is 13.2. The van der Waals surface area contributed by atoms with E-state index in [1.165, 1.54) is 6.07 Å². The minimum atomic E-state index is -1.11. The van der Waals surface area contributed by atoms with Gasteiger partial charge in [-0.05, 0) is 47.7 Å². The van der Waals surface area contributed by atoms with Crippen LogP contribution >= 0.6 is 0 Å². The lowest BCUT2D eigenvalue weighted by atomic mass is 10.2. The van der Waals surface area contributed by atoms with Crippen LogP contribution in [0.3, 0.4) is 0 Å². The van der Waals surface area contributed by atoms with E-state index in [4.69, 9.17) is 5.73 Å². The van der Waals surface area contributed by atoms with Crippen molar-refractivity contribution in [2.24, 2.45) is 5.73 Å². The summed E-state index contributed by atoms with van der Waals surface area (Å²) in [6.45, 7) is 0. The third-order valence-corrected chi connectivity index (χ3v) is 3.17. The van der Waals surface area contributed by atoms with Crippen LogP contribution in [0.4, 0.5) is 14.5 Å². The van der Waals surface area contributed by atoms with Gasteiger partial charge in [0.1, 0.15) is 0 Å². The third-order valence-electron chi connectivity index (χ3n) is 3.17. The fourth-order valence-electron chi connectivity index (χ4n) is 1.94. The van der Waals surface area contributed by atoms with E-state index >= 15 is 0 Å². The number of aromatic nitrogens is 4. The number of primary amides is 1. The van der Waals surface area contributed by atoms with Gasteiger partial charge in [0.05, 0.1) is 5.69 Å². The van der Waals surface area contributed by atoms with Gasteiger partial charge in [0.25, 0.3) is 17.6 Å². The van der Waals surface area contributed by atoms with Gasteiger partial charge in [0.2, 0.25) is 0 Å². The molecule has 0 aliphatic rings. The number of rotatable bonds is 4. The Morgan fingerprint density at radius 2 is 1.76 bits per heavy atom. The van der Waals surface area contributed by atoms with Gasteiger partial charge in [-0.2, -0.15) is 0 Å². The van der Waals surface area contributed by atoms with E-state index in [-0.39, 0.29) is 11.4 Å². The first kappa shape index (κ1) is 16.2. The molecule has 0 unspecified atom stereocenters. The van der Waals surface area contributed by atoms with Crippen molar-refractivity contribution in [3.8, 4) is 5.69 Å². The second kappa shape index (κ2) is 6.43. The summed E-state index contributed by atoms with van der Waals surface area (Å²) in [5.74, 6) is -3.76. The van der Waals surface area contributed by atoms with Gasteiger partial charge in [-0.3, -0.25) is 9.59 Å². The van der Waals surface area contributed by atoms with Crippen LogP contribution < -0.4 is 11.1 Å². The summed E-state index contributed by atoms with van der Waals surface area (Å²) in [7, 11) is 0. The molecule has 3 aromatic rings. The number of nitrogens with zero attached hydrogens (tertiary/aromatic N) is 4. The molecule has 10 heteroatoms. The van der Waals surface area contributed by atoms with Crippen molar-refractivity contribution >= 4 is 17.5 Å². The summed E-state index contributed by atoms with van der Waals surface area (Å²) in [4.78, 5) is 24.1. The van der Waals surface area contributed by atoms with Crippen molar-refractivity contribution in [3.63, 3.8) is 0 Å². The van der Waals surface area contributed by atoms with Crippen LogP contribution in [-0.2, 0) is 0 Å². The van der Waals surface area contributed by atoms with E-state index in [1.54, 1.807) is 24.3 Å². The second-order valence-corrected chi connectivity index (χ2v) is 4.90. The molecule has 0 radical (unpaired) electrons. The molecule has 2 aromatic carbocycles. The highest BCUT2D eigenvalue weighted by Crippen LogP contribution is 2.14. The van der Waals surface area contributed by atoms with E-state index in [2.05, 4.69) is 20.7 Å². The minimum Gasteiger partial charge on any atom is -0.363 e. The quantitative estimate of drug-likeness (QED) is 0.740. The molecule has 0 saturated heterocycles. The Hall–Kier alpha value is -3.69. The maximum Gasteiger partial charge on any atom is 0.290 e. The number of amides is 2. The molecule has 0 fully saturated rings. The van der Waals surface area contributed by atoms with Gasteiger partial charge in [-0.15, -0.1) is 15.0 Å². The van der Waals surface area contributed by atoms with Crippen LogP contribution in [0, 0.1) is 11.6 Å². The van der Waals surface area contributed by atoms with Crippen molar-refractivity contribution < 1.29 is 18.4 Å². The first-order valence-corrected chi connectivity index (χ1v) is 6.91. The van der Waals surface area contributed by atoms with E-state index in [0.29, 0.717) is 11.4 Å². The highest BCUT2D eigenvalue weighted by molar-refractivity contribution is 6.04. The van der Waals surface area contributed by atoms with Crippen molar-refractivity contribution in [2.75, 3.05) is 5.32 Å². The molecule has 0 saturated carbocycles. The van der Waals surface area contributed by atoms with Crippen molar-refractivity contribution in [3.05, 3.63) is 65.5 Å². The van der Waals surface area contributed by atoms with Crippen LogP contribution in [0.1, 0.15) is 21.0 Å². The highest BCUT2D eigenvalue weighted by Gasteiger charge is 2.11. The number of hydrogen-bond acceptors (Lipinski definition) is 5. The summed E-state index contributed by atoms with van der Waals surface area (Å²) in [6, 6.07) is 9.07. The Kier molecular flexibility index (Phi) is 4.16. The van der Waals surface area contributed by atoms with Crippen molar-refractivity contribution in [1.29, 1.82) is 0 Å². The molecule has 0 aliphatic heterocycles. The van der Waals surface area contributed by atoms with E-state index in [0.717, 1.165) is 16.9 Å². The smallest absolute Gasteiger partial charge is 0.290 e. The molecule has 25 heavy (non-hydrogen) atoms. The van der Waals surface area contributed by atoms with Gasteiger partial charge >= 0.3 is 0 Å². The molecule has 0 aliphatic carbocycles. The zero-order valence-electron chi connectivity index (χ0n) is 12.5. The van der Waals surface area contributed by atoms with Crippen LogP contribution in [0.25, 0.3) is 5.69 Å². The number of nitrogens with one attached hydrogen (secondary N) is 1. The number of tetrazole rings is 1. The Morgan fingerprint density at radius 1 is 1.04 bits per heavy atom. The first-order valence-electron chi connectivity index (χ1n) is 6.91. The monoisotopic (exact) mass is 344 g/mol. The fraction of sp³-hybridized carbons (Fsp3) is 0. The Bertz CT molecular complexity index is 955. The van der Waals surface area contributed by atoms with Gasteiger partial charge in [0.15, 0.2) is 11.6 Å². The predicted molar refractivity (Wildman–Crippen MR) is 82.0 cm³/mol. The molecule has 0 bridgehead atoms. The Morgan fingerprint density at radius 3 is 2.36 bits per heavy atom. The lowest BCUT2D eigenvalue weighted by molar-refractivity contribution is 0.0988. The molecule has 2 amide bonds. The zero-order chi connectivity index (χ0) is 18.0. The van der Waals surface area contributed by atoms with Gasteiger partial charge in [-0.25, -0.2) is 8.78 Å². The second-order valence-electron chi connectivity index (χ2n) is 4.90. The zero-order valence-corrected chi connectivity index (χ0v) is 12.5. The van der Waals surface area contributed by atoms with Crippen LogP contribution in [0.5, 0.6) is 0 Å². The molecule has 3 N–H and O–H groups in total. The largest absolute Gasteiger partial charge is 0.363 e. The highest BCUT2D eigenvalue weighted by atomic mass is 19.2. The molecule has 0 spiro atoms. The summed E-state index contributed by atoms with van der Waals surface area (Å²) in [5, 5.41) is 13.5. The molecule has 1 aromatic heterocycles. The molecule has 126 valence electrons. The average molecular weight is 344 g/mol. The lowest BCUT2D eigenvalue weighted by Gasteiger charge is -2.06. The number of nitrogens with two attached hydrogens (primary N) is 1. The fourth-order valence-corrected chi connectivity index (χ4v) is 1.94. The summed E-state index contributed by atoms with van der Waals surface area (Å²) < 4.78 is 26.1.